The number of halogens is 1. The second-order valence-corrected chi connectivity index (χ2v) is 7.75. The van der Waals surface area contributed by atoms with Crippen LogP contribution in [-0.2, 0) is 21.2 Å². The number of nitrogens with zero attached hydrogens (tertiary/aromatic N) is 1. The predicted molar refractivity (Wildman–Crippen MR) is 107 cm³/mol. The number of hydrogen-bond donors (Lipinski definition) is 2. The third-order valence-electron chi connectivity index (χ3n) is 3.92. The molecule has 7 nitrogen and oxygen atoms in total. The van der Waals surface area contributed by atoms with Crippen LogP contribution in [0.15, 0.2) is 71.8 Å². The Balaban J connectivity index is 1.60. The lowest BCUT2D eigenvalue weighted by Crippen LogP contribution is -2.15. The summed E-state index contributed by atoms with van der Waals surface area (Å²) < 4.78 is 45.0. The summed E-state index contributed by atoms with van der Waals surface area (Å²) in [5.41, 5.74) is 1.58. The summed E-state index contributed by atoms with van der Waals surface area (Å²) in [4.78, 5) is 16.1. The summed E-state index contributed by atoms with van der Waals surface area (Å²) in [6.07, 6.45) is 1.60. The first kappa shape index (κ1) is 20.3. The van der Waals surface area contributed by atoms with Gasteiger partial charge in [0.1, 0.15) is 5.82 Å². The third kappa shape index (κ3) is 5.52. The molecule has 9 heteroatoms. The molecular weight excluding hydrogens is 397 g/mol. The SMILES string of the molecule is COc1ccc(NC(=O)Cc2ccc(NS(=O)(=O)c3ccc(F)cc3)cc2)cn1. The van der Waals surface area contributed by atoms with Gasteiger partial charge in [0.05, 0.1) is 30.3 Å². The molecule has 0 bridgehead atoms. The highest BCUT2D eigenvalue weighted by Gasteiger charge is 2.14. The van der Waals surface area contributed by atoms with E-state index in [1.807, 2.05) is 0 Å². The number of rotatable bonds is 7. The van der Waals surface area contributed by atoms with Crippen molar-refractivity contribution in [1.29, 1.82) is 0 Å². The van der Waals surface area contributed by atoms with E-state index < -0.39 is 15.8 Å². The number of benzene rings is 2. The maximum Gasteiger partial charge on any atom is 0.261 e. The van der Waals surface area contributed by atoms with Crippen LogP contribution in [0.5, 0.6) is 5.88 Å². The van der Waals surface area contributed by atoms with Crippen molar-refractivity contribution in [2.45, 2.75) is 11.3 Å². The summed E-state index contributed by atoms with van der Waals surface area (Å²) in [5, 5.41) is 2.72. The largest absolute Gasteiger partial charge is 0.481 e. The summed E-state index contributed by atoms with van der Waals surface area (Å²) in [6.45, 7) is 0. The zero-order valence-corrected chi connectivity index (χ0v) is 16.2. The fraction of sp³-hybridized carbons (Fsp3) is 0.100. The number of aromatic nitrogens is 1. The number of ether oxygens (including phenoxy) is 1. The van der Waals surface area contributed by atoms with Gasteiger partial charge in [-0.05, 0) is 48.0 Å². The molecule has 0 spiro atoms. The second-order valence-electron chi connectivity index (χ2n) is 6.07. The van der Waals surface area contributed by atoms with Crippen LogP contribution in [0.4, 0.5) is 15.8 Å². The van der Waals surface area contributed by atoms with Crippen molar-refractivity contribution in [2.75, 3.05) is 17.1 Å². The van der Waals surface area contributed by atoms with Crippen LogP contribution in [0.25, 0.3) is 0 Å². The number of nitrogens with one attached hydrogen (secondary N) is 2. The normalized spacial score (nSPS) is 11.0. The van der Waals surface area contributed by atoms with E-state index in [-0.39, 0.29) is 17.2 Å². The molecule has 2 aromatic carbocycles. The molecule has 150 valence electrons. The van der Waals surface area contributed by atoms with Crippen molar-refractivity contribution in [3.8, 4) is 5.88 Å². The monoisotopic (exact) mass is 415 g/mol. The first-order chi connectivity index (χ1) is 13.9. The molecule has 0 saturated carbocycles. The summed E-state index contributed by atoms with van der Waals surface area (Å²) >= 11 is 0. The van der Waals surface area contributed by atoms with Gasteiger partial charge in [-0.3, -0.25) is 9.52 Å². The average molecular weight is 415 g/mol. The standard InChI is InChI=1S/C20H18FN3O4S/c1-28-20-11-8-17(13-22-20)23-19(25)12-14-2-6-16(7-3-14)24-29(26,27)18-9-4-15(21)5-10-18/h2-11,13,24H,12H2,1H3,(H,23,25). The Hall–Kier alpha value is -3.46. The average Bonchev–Trinajstić information content (AvgIpc) is 2.70. The smallest absolute Gasteiger partial charge is 0.261 e. The van der Waals surface area contributed by atoms with Crippen molar-refractivity contribution in [3.63, 3.8) is 0 Å². The number of anilines is 2. The summed E-state index contributed by atoms with van der Waals surface area (Å²) in [7, 11) is -2.32. The number of carbonyl (C=O) groups excluding carboxylic acids is 1. The summed E-state index contributed by atoms with van der Waals surface area (Å²) in [5.74, 6) is -0.310. The Labute approximate surface area is 167 Å². The fourth-order valence-electron chi connectivity index (χ4n) is 2.48. The lowest BCUT2D eigenvalue weighted by Gasteiger charge is -2.09. The van der Waals surface area contributed by atoms with Crippen LogP contribution in [0, 0.1) is 5.82 Å². The molecule has 1 heterocycles. The number of amides is 1. The minimum atomic E-state index is -3.83. The van der Waals surface area contributed by atoms with Gasteiger partial charge in [-0.15, -0.1) is 0 Å². The molecule has 1 aromatic heterocycles. The van der Waals surface area contributed by atoms with Crippen molar-refractivity contribution >= 4 is 27.3 Å². The van der Waals surface area contributed by atoms with E-state index in [1.165, 1.54) is 25.4 Å². The molecule has 29 heavy (non-hydrogen) atoms. The maximum atomic E-state index is 13.0. The fourth-order valence-corrected chi connectivity index (χ4v) is 3.54. The number of pyridine rings is 1. The zero-order valence-electron chi connectivity index (χ0n) is 15.4. The molecule has 0 radical (unpaired) electrons. The summed E-state index contributed by atoms with van der Waals surface area (Å²) in [6, 6.07) is 14.2. The maximum absolute atomic E-state index is 13.0. The first-order valence-electron chi connectivity index (χ1n) is 8.53. The van der Waals surface area contributed by atoms with Gasteiger partial charge in [-0.2, -0.15) is 0 Å². The molecule has 0 aliphatic heterocycles. The number of methoxy groups -OCH3 is 1. The van der Waals surface area contributed by atoms with Gasteiger partial charge in [-0.25, -0.2) is 17.8 Å². The van der Waals surface area contributed by atoms with Crippen LogP contribution < -0.4 is 14.8 Å². The quantitative estimate of drug-likeness (QED) is 0.618. The predicted octanol–water partition coefficient (Wildman–Crippen LogP) is 3.21. The molecule has 3 rings (SSSR count). The van der Waals surface area contributed by atoms with Gasteiger partial charge in [0.25, 0.3) is 10.0 Å². The lowest BCUT2D eigenvalue weighted by atomic mass is 10.1. The van der Waals surface area contributed by atoms with Crippen LogP contribution in [0.3, 0.4) is 0 Å². The number of carbonyl (C=O) groups is 1. The van der Waals surface area contributed by atoms with Gasteiger partial charge in [0.15, 0.2) is 0 Å². The van der Waals surface area contributed by atoms with Crippen LogP contribution in [0.2, 0.25) is 0 Å². The molecule has 0 fully saturated rings. The minimum absolute atomic E-state index is 0.0459. The minimum Gasteiger partial charge on any atom is -0.481 e. The van der Waals surface area contributed by atoms with E-state index in [9.17, 15) is 17.6 Å². The van der Waals surface area contributed by atoms with Gasteiger partial charge >= 0.3 is 0 Å². The third-order valence-corrected chi connectivity index (χ3v) is 5.32. The Bertz CT molecular complexity index is 1080. The van der Waals surface area contributed by atoms with Crippen molar-refractivity contribution in [2.24, 2.45) is 0 Å². The molecule has 1 amide bonds. The Kier molecular flexibility index (Phi) is 6.08. The Morgan fingerprint density at radius 2 is 1.66 bits per heavy atom. The van der Waals surface area contributed by atoms with Crippen LogP contribution in [-0.4, -0.2) is 26.4 Å². The number of sulfonamides is 1. The van der Waals surface area contributed by atoms with Crippen LogP contribution in [0.1, 0.15) is 5.56 Å². The van der Waals surface area contributed by atoms with Gasteiger partial charge in [0.2, 0.25) is 11.8 Å². The molecule has 0 saturated heterocycles. The van der Waals surface area contributed by atoms with Crippen LogP contribution >= 0.6 is 0 Å². The Morgan fingerprint density at radius 3 is 2.24 bits per heavy atom. The highest BCUT2D eigenvalue weighted by molar-refractivity contribution is 7.92. The molecule has 2 N–H and O–H groups in total. The second kappa shape index (κ2) is 8.70. The van der Waals surface area contributed by atoms with Crippen molar-refractivity contribution in [3.05, 3.63) is 78.2 Å². The molecule has 0 unspecified atom stereocenters. The number of hydrogen-bond acceptors (Lipinski definition) is 5. The lowest BCUT2D eigenvalue weighted by molar-refractivity contribution is -0.115. The van der Waals surface area contributed by atoms with Gasteiger partial charge in [-0.1, -0.05) is 12.1 Å². The molecule has 0 atom stereocenters. The Morgan fingerprint density at radius 1 is 1.00 bits per heavy atom. The van der Waals surface area contributed by atoms with Gasteiger partial charge < -0.3 is 10.1 Å². The van der Waals surface area contributed by atoms with Gasteiger partial charge in [0, 0.05) is 11.8 Å². The highest BCUT2D eigenvalue weighted by Crippen LogP contribution is 2.18. The van der Waals surface area contributed by atoms with Crippen molar-refractivity contribution < 1.29 is 22.3 Å². The molecule has 0 aliphatic carbocycles. The highest BCUT2D eigenvalue weighted by atomic mass is 32.2. The zero-order chi connectivity index (χ0) is 20.9. The van der Waals surface area contributed by atoms with E-state index in [0.717, 1.165) is 12.1 Å². The molecule has 0 aliphatic rings. The topological polar surface area (TPSA) is 97.4 Å². The molecular formula is C20H18FN3O4S. The first-order valence-corrected chi connectivity index (χ1v) is 10.0. The van der Waals surface area contributed by atoms with E-state index >= 15 is 0 Å². The van der Waals surface area contributed by atoms with E-state index in [1.54, 1.807) is 36.4 Å². The van der Waals surface area contributed by atoms with E-state index in [4.69, 9.17) is 4.74 Å². The molecule has 3 aromatic rings. The van der Waals surface area contributed by atoms with Crippen molar-refractivity contribution in [1.82, 2.24) is 4.98 Å². The van der Waals surface area contributed by atoms with E-state index in [0.29, 0.717) is 22.8 Å². The van der Waals surface area contributed by atoms with E-state index in [2.05, 4.69) is 15.0 Å².